The molecule has 0 bridgehead atoms. The van der Waals surface area contributed by atoms with E-state index < -0.39 is 23.0 Å². The second-order valence-corrected chi connectivity index (χ2v) is 9.31. The van der Waals surface area contributed by atoms with Crippen molar-refractivity contribution in [2.45, 2.75) is 44.9 Å². The third-order valence-corrected chi connectivity index (χ3v) is 6.93. The molecule has 38 heavy (non-hydrogen) atoms. The summed E-state index contributed by atoms with van der Waals surface area (Å²) in [5.74, 6) is 0.606. The van der Waals surface area contributed by atoms with Gasteiger partial charge < -0.3 is 14.2 Å². The zero-order valence-corrected chi connectivity index (χ0v) is 20.3. The van der Waals surface area contributed by atoms with E-state index in [1.165, 1.54) is 10.8 Å². The second kappa shape index (κ2) is 10.5. The first-order chi connectivity index (χ1) is 18.2. The Bertz CT molecular complexity index is 1410. The average Bonchev–Trinajstić information content (AvgIpc) is 3.52. The summed E-state index contributed by atoms with van der Waals surface area (Å²) in [7, 11) is 0. The van der Waals surface area contributed by atoms with Crippen LogP contribution in [0.3, 0.4) is 0 Å². The Hall–Kier alpha value is -3.87. The first-order valence-corrected chi connectivity index (χ1v) is 12.3. The first kappa shape index (κ1) is 25.8. The number of anilines is 1. The molecular weight excluding hydrogens is 505 g/mol. The van der Waals surface area contributed by atoms with Crippen molar-refractivity contribution in [1.82, 2.24) is 24.7 Å². The molecule has 0 aromatic carbocycles. The molecular formula is C25H25F3N6O4. The summed E-state index contributed by atoms with van der Waals surface area (Å²) < 4.78 is 47.1. The average molecular weight is 531 g/mol. The Labute approximate surface area is 214 Å². The van der Waals surface area contributed by atoms with Gasteiger partial charge in [-0.1, -0.05) is 0 Å². The van der Waals surface area contributed by atoms with E-state index >= 15 is 0 Å². The van der Waals surface area contributed by atoms with Crippen molar-refractivity contribution in [1.29, 1.82) is 0 Å². The molecule has 1 fully saturated rings. The Morgan fingerprint density at radius 1 is 1.16 bits per heavy atom. The van der Waals surface area contributed by atoms with Crippen molar-refractivity contribution in [3.05, 3.63) is 63.6 Å². The number of H-pyrrole nitrogens is 1. The molecule has 1 saturated heterocycles. The van der Waals surface area contributed by atoms with Crippen LogP contribution >= 0.6 is 0 Å². The van der Waals surface area contributed by atoms with E-state index in [1.54, 1.807) is 18.3 Å². The van der Waals surface area contributed by atoms with Gasteiger partial charge in [-0.2, -0.15) is 18.3 Å². The minimum atomic E-state index is -4.86. The molecule has 2 aliphatic rings. The molecule has 13 heteroatoms. The highest BCUT2D eigenvalue weighted by Gasteiger charge is 2.38. The Morgan fingerprint density at radius 2 is 1.95 bits per heavy atom. The van der Waals surface area contributed by atoms with Crippen LogP contribution in [0.1, 0.15) is 53.0 Å². The number of aromatic nitrogens is 5. The monoisotopic (exact) mass is 530 g/mol. The van der Waals surface area contributed by atoms with Gasteiger partial charge in [0.2, 0.25) is 5.95 Å². The Kier molecular flexibility index (Phi) is 7.11. The van der Waals surface area contributed by atoms with E-state index in [0.717, 1.165) is 11.9 Å². The van der Waals surface area contributed by atoms with Gasteiger partial charge in [-0.05, 0) is 31.4 Å². The summed E-state index contributed by atoms with van der Waals surface area (Å²) in [6.45, 7) is 1.33. The van der Waals surface area contributed by atoms with Crippen molar-refractivity contribution >= 4 is 17.5 Å². The molecule has 4 heterocycles. The summed E-state index contributed by atoms with van der Waals surface area (Å²) in [5.41, 5.74) is -1.30. The number of aromatic amines is 1. The number of hydrogen-bond acceptors (Lipinski definition) is 8. The normalized spacial score (nSPS) is 16.2. The first-order valence-electron chi connectivity index (χ1n) is 12.3. The van der Waals surface area contributed by atoms with Crippen LogP contribution in [0, 0.1) is 5.92 Å². The van der Waals surface area contributed by atoms with Gasteiger partial charge in [0.15, 0.2) is 5.78 Å². The lowest BCUT2D eigenvalue weighted by molar-refractivity contribution is -0.138. The van der Waals surface area contributed by atoms with Crippen molar-refractivity contribution in [2.75, 3.05) is 24.6 Å². The number of nitrogens with zero attached hydrogens (tertiary/aromatic N) is 5. The topological polar surface area (TPSA) is 123 Å². The number of piperidine rings is 1. The Balaban J connectivity index is 1.12. The number of carbonyl (C=O) groups excluding carboxylic acids is 2. The van der Waals surface area contributed by atoms with Gasteiger partial charge in [0.25, 0.3) is 5.56 Å². The molecule has 0 radical (unpaired) electrons. The van der Waals surface area contributed by atoms with E-state index in [0.29, 0.717) is 56.0 Å². The highest BCUT2D eigenvalue weighted by Crippen LogP contribution is 2.31. The maximum absolute atomic E-state index is 13.4. The molecule has 0 saturated carbocycles. The lowest BCUT2D eigenvalue weighted by Gasteiger charge is -2.31. The molecule has 0 atom stereocenters. The predicted octanol–water partition coefficient (Wildman–Crippen LogP) is 2.89. The van der Waals surface area contributed by atoms with Crippen molar-refractivity contribution in [3.8, 4) is 5.69 Å². The van der Waals surface area contributed by atoms with Crippen LogP contribution in [-0.4, -0.2) is 56.0 Å². The number of carbonyl (C=O) groups is 2. The number of aryl methyl sites for hydroxylation is 1. The molecule has 0 spiro atoms. The molecule has 0 amide bonds. The maximum atomic E-state index is 13.4. The van der Waals surface area contributed by atoms with Crippen molar-refractivity contribution in [3.63, 3.8) is 0 Å². The summed E-state index contributed by atoms with van der Waals surface area (Å²) >= 11 is 0. The van der Waals surface area contributed by atoms with E-state index in [2.05, 4.69) is 15.1 Å². The molecule has 0 unspecified atom stereocenters. The zero-order chi connectivity index (χ0) is 26.9. The fraction of sp³-hybridized carbons (Fsp3) is 0.440. The molecule has 5 rings (SSSR count). The summed E-state index contributed by atoms with van der Waals surface area (Å²) in [6, 6.07) is 3.12. The number of alkyl halides is 3. The van der Waals surface area contributed by atoms with Gasteiger partial charge in [0.1, 0.15) is 11.3 Å². The van der Waals surface area contributed by atoms with E-state index in [4.69, 9.17) is 4.74 Å². The summed E-state index contributed by atoms with van der Waals surface area (Å²) in [4.78, 5) is 47.2. The van der Waals surface area contributed by atoms with Gasteiger partial charge in [-0.3, -0.25) is 14.4 Å². The zero-order valence-electron chi connectivity index (χ0n) is 20.3. The van der Waals surface area contributed by atoms with Gasteiger partial charge in [-0.15, -0.1) is 0 Å². The van der Waals surface area contributed by atoms with Crippen LogP contribution in [-0.2, 0) is 28.7 Å². The van der Waals surface area contributed by atoms with Gasteiger partial charge >= 0.3 is 6.18 Å². The summed E-state index contributed by atoms with van der Waals surface area (Å²) in [6.07, 6.45) is 1.65. The van der Waals surface area contributed by atoms with Crippen LogP contribution in [0.5, 0.6) is 0 Å². The Morgan fingerprint density at radius 3 is 2.71 bits per heavy atom. The quantitative estimate of drug-likeness (QED) is 0.441. The molecule has 1 aliphatic heterocycles. The number of ketones is 2. The number of halogens is 3. The molecule has 3 aromatic rings. The van der Waals surface area contributed by atoms with Crippen molar-refractivity contribution < 1.29 is 27.5 Å². The third-order valence-electron chi connectivity index (χ3n) is 6.93. The number of hydrogen-bond donors (Lipinski definition) is 1. The summed E-state index contributed by atoms with van der Waals surface area (Å²) in [5, 5.41) is 5.32. The number of nitrogens with one attached hydrogen (secondary N) is 1. The van der Waals surface area contributed by atoms with Crippen LogP contribution in [0.25, 0.3) is 5.69 Å². The molecule has 3 aromatic heterocycles. The lowest BCUT2D eigenvalue weighted by atomic mass is 9.91. The standard InChI is InChI=1S/C25H25F3N6O4/c26-25(27,28)22-19(13-30-32-23(22)37)34-8-1-2-16(34)14-38-11-7-20(35)15-5-9-33(10-6-15)24-29-12-17-18(31-24)3-4-21(17)36/h1-2,8,12-13,15H,3-7,9-11,14H2,(H,32,37). The number of Topliss-reactive ketones (excluding diaryl/α,β-unsaturated/α-hetero) is 2. The fourth-order valence-corrected chi connectivity index (χ4v) is 4.92. The highest BCUT2D eigenvalue weighted by molar-refractivity contribution is 5.99. The maximum Gasteiger partial charge on any atom is 0.423 e. The molecule has 1 aliphatic carbocycles. The second-order valence-electron chi connectivity index (χ2n) is 9.31. The highest BCUT2D eigenvalue weighted by atomic mass is 19.4. The molecule has 1 N–H and O–H groups in total. The minimum Gasteiger partial charge on any atom is -0.375 e. The van der Waals surface area contributed by atoms with E-state index in [1.807, 2.05) is 10.00 Å². The van der Waals surface area contributed by atoms with Crippen LogP contribution in [0.15, 0.2) is 35.5 Å². The fourth-order valence-electron chi connectivity index (χ4n) is 4.92. The van der Waals surface area contributed by atoms with Gasteiger partial charge in [0, 0.05) is 49.9 Å². The van der Waals surface area contributed by atoms with Gasteiger partial charge in [0.05, 0.1) is 36.4 Å². The van der Waals surface area contributed by atoms with E-state index in [-0.39, 0.29) is 37.1 Å². The number of rotatable bonds is 8. The van der Waals surface area contributed by atoms with Crippen LogP contribution in [0.4, 0.5) is 19.1 Å². The smallest absolute Gasteiger partial charge is 0.375 e. The van der Waals surface area contributed by atoms with Crippen molar-refractivity contribution in [2.24, 2.45) is 5.92 Å². The minimum absolute atomic E-state index is 0.0407. The SMILES string of the molecule is O=C1CCc2nc(N3CCC(C(=O)CCOCc4cccn4-c4cn[nH]c(=O)c4C(F)(F)F)CC3)ncc21. The van der Waals surface area contributed by atoms with Gasteiger partial charge in [-0.25, -0.2) is 15.1 Å². The van der Waals surface area contributed by atoms with Crippen LogP contribution < -0.4 is 10.5 Å². The molecule has 10 nitrogen and oxygen atoms in total. The van der Waals surface area contributed by atoms with Crippen LogP contribution in [0.2, 0.25) is 0 Å². The number of ether oxygens (including phenoxy) is 1. The lowest BCUT2D eigenvalue weighted by Crippen LogP contribution is -2.37. The molecule has 200 valence electrons. The predicted molar refractivity (Wildman–Crippen MR) is 128 cm³/mol. The number of fused-ring (bicyclic) bond motifs is 1. The van der Waals surface area contributed by atoms with E-state index in [9.17, 15) is 27.6 Å². The largest absolute Gasteiger partial charge is 0.423 e. The third kappa shape index (κ3) is 5.23.